The van der Waals surface area contributed by atoms with Crippen molar-refractivity contribution in [2.45, 2.75) is 78.6 Å². The van der Waals surface area contributed by atoms with Gasteiger partial charge in [-0.15, -0.1) is 0 Å². The predicted molar refractivity (Wildman–Crippen MR) is 111 cm³/mol. The lowest BCUT2D eigenvalue weighted by Crippen LogP contribution is -2.40. The molecule has 150 valence electrons. The fraction of sp³-hybridized carbons (Fsp3) is 0.619. The van der Waals surface area contributed by atoms with E-state index in [1.807, 2.05) is 38.7 Å². The first-order valence-electron chi connectivity index (χ1n) is 9.69. The summed E-state index contributed by atoms with van der Waals surface area (Å²) in [5.41, 5.74) is 2.64. The number of aryl methyl sites for hydroxylation is 1. The number of rotatable bonds is 5. The van der Waals surface area contributed by atoms with Gasteiger partial charge in [-0.25, -0.2) is 4.79 Å². The Morgan fingerprint density at radius 3 is 2.48 bits per heavy atom. The Labute approximate surface area is 163 Å². The Morgan fingerprint density at radius 2 is 2.00 bits per heavy atom. The zero-order valence-electron chi connectivity index (χ0n) is 17.7. The Hall–Kier alpha value is -2.24. The van der Waals surface area contributed by atoms with E-state index in [4.69, 9.17) is 4.74 Å². The van der Waals surface area contributed by atoms with Crippen molar-refractivity contribution in [2.75, 3.05) is 11.9 Å². The summed E-state index contributed by atoms with van der Waals surface area (Å²) in [6.07, 6.45) is 1.79. The normalized spacial score (nSPS) is 14.9. The minimum Gasteiger partial charge on any atom is -0.443 e. The maximum atomic E-state index is 12.7. The lowest BCUT2D eigenvalue weighted by atomic mass is 10.1. The van der Waals surface area contributed by atoms with Gasteiger partial charge in [0, 0.05) is 25.7 Å². The first-order valence-corrected chi connectivity index (χ1v) is 9.69. The fourth-order valence-corrected chi connectivity index (χ4v) is 2.84. The zero-order valence-corrected chi connectivity index (χ0v) is 17.7. The third-order valence-corrected chi connectivity index (χ3v) is 4.13. The second-order valence-corrected chi connectivity index (χ2v) is 8.43. The maximum Gasteiger partial charge on any atom is 0.415 e. The molecule has 1 fully saturated rings. The van der Waals surface area contributed by atoms with Crippen LogP contribution >= 0.6 is 0 Å². The van der Waals surface area contributed by atoms with Crippen molar-refractivity contribution in [1.82, 2.24) is 10.6 Å². The molecule has 0 saturated heterocycles. The standard InChI is InChI=1S/C21H34N4O2/c1-14(2)24-19(22-7)23-13-16-8-11-18(15(3)12-16)25(17-9-10-17)20(26)27-21(4,5)6/h8,11-12,14,17H,9-10,13H2,1-7H3,(H2,22,23,24). The van der Waals surface area contributed by atoms with Crippen molar-refractivity contribution in [3.63, 3.8) is 0 Å². The first kappa shape index (κ1) is 21.1. The highest BCUT2D eigenvalue weighted by molar-refractivity contribution is 5.90. The molecule has 1 aromatic rings. The highest BCUT2D eigenvalue weighted by Gasteiger charge is 2.37. The number of hydrogen-bond donors (Lipinski definition) is 2. The number of nitrogens with zero attached hydrogens (tertiary/aromatic N) is 2. The summed E-state index contributed by atoms with van der Waals surface area (Å²) in [4.78, 5) is 18.7. The van der Waals surface area contributed by atoms with Gasteiger partial charge < -0.3 is 15.4 Å². The van der Waals surface area contributed by atoms with Gasteiger partial charge in [-0.1, -0.05) is 12.1 Å². The van der Waals surface area contributed by atoms with Gasteiger partial charge in [0.1, 0.15) is 5.60 Å². The zero-order chi connectivity index (χ0) is 20.2. The molecule has 0 bridgehead atoms. The number of aliphatic imine (C=N–C) groups is 1. The molecule has 0 unspecified atom stereocenters. The number of hydrogen-bond acceptors (Lipinski definition) is 3. The van der Waals surface area contributed by atoms with Gasteiger partial charge in [0.2, 0.25) is 0 Å². The van der Waals surface area contributed by atoms with Crippen LogP contribution in [0.4, 0.5) is 10.5 Å². The molecule has 1 aromatic carbocycles. The number of anilines is 1. The van der Waals surface area contributed by atoms with E-state index in [1.165, 1.54) is 0 Å². The van der Waals surface area contributed by atoms with Gasteiger partial charge >= 0.3 is 6.09 Å². The number of guanidine groups is 1. The van der Waals surface area contributed by atoms with Crippen LogP contribution in [-0.4, -0.2) is 36.8 Å². The minimum atomic E-state index is -0.499. The van der Waals surface area contributed by atoms with Gasteiger partial charge in [-0.3, -0.25) is 9.89 Å². The van der Waals surface area contributed by atoms with Gasteiger partial charge in [0.15, 0.2) is 5.96 Å². The first-order chi connectivity index (χ1) is 12.6. The fourth-order valence-electron chi connectivity index (χ4n) is 2.84. The quantitative estimate of drug-likeness (QED) is 0.604. The largest absolute Gasteiger partial charge is 0.443 e. The van der Waals surface area contributed by atoms with Crippen molar-refractivity contribution in [2.24, 2.45) is 4.99 Å². The van der Waals surface area contributed by atoms with Crippen LogP contribution in [0.15, 0.2) is 23.2 Å². The monoisotopic (exact) mass is 374 g/mol. The van der Waals surface area contributed by atoms with Gasteiger partial charge in [0.25, 0.3) is 0 Å². The van der Waals surface area contributed by atoms with Crippen LogP contribution in [0.3, 0.4) is 0 Å². The van der Waals surface area contributed by atoms with Crippen molar-refractivity contribution >= 4 is 17.7 Å². The minimum absolute atomic E-state index is 0.247. The molecule has 1 amide bonds. The second kappa shape index (κ2) is 8.63. The third kappa shape index (κ3) is 6.45. The van der Waals surface area contributed by atoms with Gasteiger partial charge in [-0.2, -0.15) is 0 Å². The van der Waals surface area contributed by atoms with E-state index in [9.17, 15) is 4.79 Å². The lowest BCUT2D eigenvalue weighted by molar-refractivity contribution is 0.0577. The van der Waals surface area contributed by atoms with Crippen molar-refractivity contribution < 1.29 is 9.53 Å². The number of benzene rings is 1. The number of ether oxygens (including phenoxy) is 1. The molecule has 0 atom stereocenters. The van der Waals surface area contributed by atoms with Crippen LogP contribution < -0.4 is 15.5 Å². The summed E-state index contributed by atoms with van der Waals surface area (Å²) in [6, 6.07) is 6.76. The smallest absolute Gasteiger partial charge is 0.415 e. The number of amides is 1. The Kier molecular flexibility index (Phi) is 6.73. The molecule has 27 heavy (non-hydrogen) atoms. The molecule has 0 spiro atoms. The van der Waals surface area contributed by atoms with E-state index in [0.29, 0.717) is 12.6 Å². The van der Waals surface area contributed by atoms with Gasteiger partial charge in [0.05, 0.1) is 5.69 Å². The predicted octanol–water partition coefficient (Wildman–Crippen LogP) is 3.97. The molecule has 2 rings (SSSR count). The number of nitrogens with one attached hydrogen (secondary N) is 2. The maximum absolute atomic E-state index is 12.7. The van der Waals surface area contributed by atoms with Gasteiger partial charge in [-0.05, 0) is 71.6 Å². The SMILES string of the molecule is CN=C(NCc1ccc(N(C(=O)OC(C)(C)C)C2CC2)c(C)c1)NC(C)C. The van der Waals surface area contributed by atoms with Crippen LogP contribution in [0.2, 0.25) is 0 Å². The molecule has 0 heterocycles. The van der Waals surface area contributed by atoms with E-state index >= 15 is 0 Å². The van der Waals surface area contributed by atoms with E-state index < -0.39 is 5.60 Å². The Balaban J connectivity index is 2.11. The van der Waals surface area contributed by atoms with E-state index in [0.717, 1.165) is 35.6 Å². The van der Waals surface area contributed by atoms with Crippen molar-refractivity contribution in [3.8, 4) is 0 Å². The highest BCUT2D eigenvalue weighted by atomic mass is 16.6. The van der Waals surface area contributed by atoms with E-state index in [-0.39, 0.29) is 12.1 Å². The summed E-state index contributed by atoms with van der Waals surface area (Å²) in [7, 11) is 1.76. The molecule has 1 aliphatic rings. The molecular weight excluding hydrogens is 340 g/mol. The molecule has 0 radical (unpaired) electrons. The Morgan fingerprint density at radius 1 is 1.33 bits per heavy atom. The van der Waals surface area contributed by atoms with Crippen LogP contribution in [0.25, 0.3) is 0 Å². The number of carbonyl (C=O) groups is 1. The molecule has 1 aliphatic carbocycles. The summed E-state index contributed by atoms with van der Waals surface area (Å²) < 4.78 is 5.62. The molecule has 0 aliphatic heterocycles. The lowest BCUT2D eigenvalue weighted by Gasteiger charge is -2.28. The Bertz CT molecular complexity index is 688. The molecule has 1 saturated carbocycles. The molecule has 6 heteroatoms. The average Bonchev–Trinajstić information content (AvgIpc) is 3.36. The average molecular weight is 375 g/mol. The van der Waals surface area contributed by atoms with Crippen LogP contribution in [0.1, 0.15) is 58.6 Å². The van der Waals surface area contributed by atoms with Crippen LogP contribution in [0, 0.1) is 6.92 Å². The number of carbonyl (C=O) groups excluding carboxylic acids is 1. The van der Waals surface area contributed by atoms with Crippen molar-refractivity contribution in [3.05, 3.63) is 29.3 Å². The topological polar surface area (TPSA) is 66.0 Å². The summed E-state index contributed by atoms with van der Waals surface area (Å²) in [5.74, 6) is 0.778. The molecule has 0 aromatic heterocycles. The van der Waals surface area contributed by atoms with Crippen LogP contribution in [-0.2, 0) is 11.3 Å². The van der Waals surface area contributed by atoms with Crippen molar-refractivity contribution in [1.29, 1.82) is 0 Å². The van der Waals surface area contributed by atoms with Crippen LogP contribution in [0.5, 0.6) is 0 Å². The second-order valence-electron chi connectivity index (χ2n) is 8.43. The highest BCUT2D eigenvalue weighted by Crippen LogP contribution is 2.35. The summed E-state index contributed by atoms with van der Waals surface area (Å²) >= 11 is 0. The van der Waals surface area contributed by atoms with E-state index in [1.54, 1.807) is 7.05 Å². The molecule has 6 nitrogen and oxygen atoms in total. The summed E-state index contributed by atoms with van der Waals surface area (Å²) in [6.45, 7) is 12.6. The molecule has 2 N–H and O–H groups in total. The molecular formula is C21H34N4O2. The summed E-state index contributed by atoms with van der Waals surface area (Å²) in [5, 5.41) is 6.59. The van der Waals surface area contributed by atoms with E-state index in [2.05, 4.69) is 41.6 Å². The third-order valence-electron chi connectivity index (χ3n) is 4.13.